The Kier molecular flexibility index (Phi) is 7.21. The van der Waals surface area contributed by atoms with Crippen LogP contribution in [0.15, 0.2) is 18.2 Å². The Labute approximate surface area is 182 Å². The molecule has 0 unspecified atom stereocenters. The topological polar surface area (TPSA) is 107 Å². The van der Waals surface area contributed by atoms with Crippen LogP contribution in [-0.4, -0.2) is 39.1 Å². The molecule has 1 aliphatic carbocycles. The van der Waals surface area contributed by atoms with Crippen molar-refractivity contribution in [1.29, 1.82) is 0 Å². The molecule has 0 amide bonds. The van der Waals surface area contributed by atoms with Crippen LogP contribution < -0.4 is 9.47 Å². The Morgan fingerprint density at radius 1 is 1.00 bits per heavy atom. The molecule has 1 aliphatic heterocycles. The Bertz CT molecular complexity index is 791. The van der Waals surface area contributed by atoms with E-state index >= 15 is 0 Å². The molecule has 1 aromatic rings. The zero-order valence-corrected chi connectivity index (χ0v) is 19.1. The highest BCUT2D eigenvalue weighted by Gasteiger charge is 2.51. The summed E-state index contributed by atoms with van der Waals surface area (Å²) in [5.74, 6) is -1.10. The number of hydrogen-bond donors (Lipinski definition) is 0. The predicted octanol–water partition coefficient (Wildman–Crippen LogP) is 3.26. The first-order chi connectivity index (χ1) is 14.7. The number of fused-ring (bicyclic) bond motifs is 1. The van der Waals surface area contributed by atoms with E-state index in [4.69, 9.17) is 27.5 Å². The lowest BCUT2D eigenvalue weighted by Crippen LogP contribution is -2.49. The summed E-state index contributed by atoms with van der Waals surface area (Å²) in [4.78, 5) is 34.4. The van der Waals surface area contributed by atoms with E-state index in [-0.39, 0.29) is 12.7 Å². The minimum Gasteiger partial charge on any atom is -0.494 e. The number of rotatable bonds is 8. The van der Waals surface area contributed by atoms with Gasteiger partial charge in [0.2, 0.25) is 5.79 Å². The molecule has 1 fully saturated rings. The minimum absolute atomic E-state index is 0.0609. The van der Waals surface area contributed by atoms with E-state index in [2.05, 4.69) is 0 Å². The van der Waals surface area contributed by atoms with E-state index in [0.29, 0.717) is 18.8 Å². The second-order valence-electron chi connectivity index (χ2n) is 7.69. The van der Waals surface area contributed by atoms with Crippen molar-refractivity contribution in [1.82, 2.24) is 0 Å². The van der Waals surface area contributed by atoms with E-state index in [9.17, 15) is 14.4 Å². The Morgan fingerprint density at radius 3 is 2.19 bits per heavy atom. The molecule has 31 heavy (non-hydrogen) atoms. The fourth-order valence-electron chi connectivity index (χ4n) is 3.81. The number of hydrogen-bond acceptors (Lipinski definition) is 9. The highest BCUT2D eigenvalue weighted by molar-refractivity contribution is 6.65. The van der Waals surface area contributed by atoms with Crippen LogP contribution in [0.5, 0.6) is 11.5 Å². The first kappa shape index (κ1) is 23.1. The van der Waals surface area contributed by atoms with E-state index in [1.54, 1.807) is 0 Å². The molecule has 0 bridgehead atoms. The van der Waals surface area contributed by atoms with E-state index in [0.717, 1.165) is 57.8 Å². The summed E-state index contributed by atoms with van der Waals surface area (Å²) in [5.41, 5.74) is 0.915. The van der Waals surface area contributed by atoms with Crippen LogP contribution in [0.4, 0.5) is 0 Å². The van der Waals surface area contributed by atoms with Gasteiger partial charge in [-0.2, -0.15) is 0 Å². The Hall–Kier alpha value is -2.59. The fourth-order valence-corrected chi connectivity index (χ4v) is 6.13. The molecule has 0 atom stereocenters. The highest BCUT2D eigenvalue weighted by Crippen LogP contribution is 2.42. The molecule has 0 aromatic heterocycles. The molecule has 0 N–H and O–H groups in total. The maximum Gasteiger partial charge on any atom is 0.705 e. The van der Waals surface area contributed by atoms with Gasteiger partial charge in [0, 0.05) is 39.2 Å². The third kappa shape index (κ3) is 6.20. The van der Waals surface area contributed by atoms with Gasteiger partial charge in [-0.05, 0) is 37.5 Å². The lowest BCUT2D eigenvalue weighted by Gasteiger charge is -2.35. The van der Waals surface area contributed by atoms with Gasteiger partial charge in [-0.3, -0.25) is 14.4 Å². The molecule has 0 radical (unpaired) electrons. The van der Waals surface area contributed by atoms with Gasteiger partial charge < -0.3 is 27.5 Å². The zero-order chi connectivity index (χ0) is 22.5. The maximum atomic E-state index is 11.5. The SMILES string of the molecule is CC(=O)O[Si](CCCOc1ccc2c(c1)COC1(CCCC1)O2)(OC(C)=O)OC(C)=O. The summed E-state index contributed by atoms with van der Waals surface area (Å²) >= 11 is 0. The average molecular weight is 453 g/mol. The molecular weight excluding hydrogens is 424 g/mol. The van der Waals surface area contributed by atoms with Crippen molar-refractivity contribution >= 4 is 26.7 Å². The number of benzene rings is 1. The fraction of sp³-hybridized carbons (Fsp3) is 0.571. The van der Waals surface area contributed by atoms with Crippen LogP contribution in [0.1, 0.15) is 58.4 Å². The van der Waals surface area contributed by atoms with E-state index in [1.807, 2.05) is 18.2 Å². The van der Waals surface area contributed by atoms with Crippen molar-refractivity contribution in [3.63, 3.8) is 0 Å². The summed E-state index contributed by atoms with van der Waals surface area (Å²) in [7, 11) is -3.83. The zero-order valence-electron chi connectivity index (χ0n) is 18.1. The number of carbonyl (C=O) groups excluding carboxylic acids is 3. The molecule has 170 valence electrons. The van der Waals surface area contributed by atoms with Crippen molar-refractivity contribution in [2.45, 2.75) is 71.3 Å². The van der Waals surface area contributed by atoms with Gasteiger partial charge >= 0.3 is 8.80 Å². The third-order valence-electron chi connectivity index (χ3n) is 4.98. The van der Waals surface area contributed by atoms with Gasteiger partial charge in [0.05, 0.1) is 19.3 Å². The van der Waals surface area contributed by atoms with E-state index < -0.39 is 32.5 Å². The van der Waals surface area contributed by atoms with Gasteiger partial charge in [-0.25, -0.2) is 0 Å². The van der Waals surface area contributed by atoms with Crippen molar-refractivity contribution in [3.8, 4) is 11.5 Å². The quantitative estimate of drug-likeness (QED) is 0.434. The van der Waals surface area contributed by atoms with Gasteiger partial charge in [0.15, 0.2) is 0 Å². The van der Waals surface area contributed by atoms with Crippen LogP contribution >= 0.6 is 0 Å². The van der Waals surface area contributed by atoms with Crippen molar-refractivity contribution in [2.75, 3.05) is 6.61 Å². The highest BCUT2D eigenvalue weighted by atomic mass is 28.4. The first-order valence-electron chi connectivity index (χ1n) is 10.4. The molecule has 9 nitrogen and oxygen atoms in total. The second kappa shape index (κ2) is 9.69. The van der Waals surface area contributed by atoms with Crippen LogP contribution in [0, 0.1) is 0 Å². The van der Waals surface area contributed by atoms with E-state index in [1.165, 1.54) is 0 Å². The van der Waals surface area contributed by atoms with Crippen LogP contribution in [0.2, 0.25) is 6.04 Å². The monoisotopic (exact) mass is 452 g/mol. The largest absolute Gasteiger partial charge is 0.705 e. The maximum absolute atomic E-state index is 11.5. The average Bonchev–Trinajstić information content (AvgIpc) is 3.11. The number of ether oxygens (including phenoxy) is 3. The smallest absolute Gasteiger partial charge is 0.494 e. The van der Waals surface area contributed by atoms with Crippen molar-refractivity contribution in [3.05, 3.63) is 23.8 Å². The van der Waals surface area contributed by atoms with Crippen LogP contribution in [0.3, 0.4) is 0 Å². The lowest BCUT2D eigenvalue weighted by molar-refractivity contribution is -0.200. The van der Waals surface area contributed by atoms with Gasteiger partial charge in [-0.1, -0.05) is 0 Å². The van der Waals surface area contributed by atoms with Crippen LogP contribution in [-0.2, 0) is 39.0 Å². The summed E-state index contributed by atoms with van der Waals surface area (Å²) in [5, 5.41) is 0. The number of carbonyl (C=O) groups is 3. The van der Waals surface area contributed by atoms with Gasteiger partial charge in [0.1, 0.15) is 11.5 Å². The molecule has 1 heterocycles. The standard InChI is InChI=1S/C21H28O9Si/c1-15(22)28-31(29-16(2)23,30-17(3)24)12-6-11-25-19-7-8-20-18(13-19)14-26-21(27-20)9-4-5-10-21/h7-8,13H,4-6,9-12,14H2,1-3H3. The first-order valence-corrected chi connectivity index (χ1v) is 12.3. The Morgan fingerprint density at radius 2 is 1.61 bits per heavy atom. The molecule has 1 saturated carbocycles. The summed E-state index contributed by atoms with van der Waals surface area (Å²) in [6, 6.07) is 5.63. The van der Waals surface area contributed by atoms with Gasteiger partial charge in [-0.15, -0.1) is 0 Å². The van der Waals surface area contributed by atoms with Crippen molar-refractivity contribution < 1.29 is 41.9 Å². The molecule has 1 aromatic carbocycles. The molecule has 0 saturated heterocycles. The lowest BCUT2D eigenvalue weighted by atomic mass is 10.1. The molecule has 1 spiro atoms. The Balaban J connectivity index is 1.57. The minimum atomic E-state index is -3.83. The van der Waals surface area contributed by atoms with Crippen LogP contribution in [0.25, 0.3) is 0 Å². The predicted molar refractivity (Wildman–Crippen MR) is 109 cm³/mol. The normalized spacial score (nSPS) is 16.7. The molecule has 10 heteroatoms. The molecule has 3 rings (SSSR count). The van der Waals surface area contributed by atoms with Crippen molar-refractivity contribution in [2.24, 2.45) is 0 Å². The third-order valence-corrected chi connectivity index (χ3v) is 7.74. The van der Waals surface area contributed by atoms with Gasteiger partial charge in [0.25, 0.3) is 17.9 Å². The second-order valence-corrected chi connectivity index (χ2v) is 10.2. The summed E-state index contributed by atoms with van der Waals surface area (Å²) in [6.07, 6.45) is 4.37. The molecule has 2 aliphatic rings. The summed E-state index contributed by atoms with van der Waals surface area (Å²) in [6.45, 7) is 4.20. The molecular formula is C21H28O9Si. The summed E-state index contributed by atoms with van der Waals surface area (Å²) < 4.78 is 33.3.